The highest BCUT2D eigenvalue weighted by molar-refractivity contribution is 9.10. The first-order valence-electron chi connectivity index (χ1n) is 7.17. The summed E-state index contributed by atoms with van der Waals surface area (Å²) in [7, 11) is 0. The van der Waals surface area contributed by atoms with E-state index in [1.54, 1.807) is 6.07 Å². The Morgan fingerprint density at radius 3 is 2.43 bits per heavy atom. The third-order valence-corrected chi connectivity index (χ3v) is 4.24. The maximum Gasteiger partial charge on any atom is 0.124 e. The highest BCUT2D eigenvalue weighted by Gasteiger charge is 2.21. The van der Waals surface area contributed by atoms with Crippen LogP contribution in [0.25, 0.3) is 0 Å². The molecule has 0 aliphatic heterocycles. The van der Waals surface area contributed by atoms with Gasteiger partial charge in [0.1, 0.15) is 17.3 Å². The molecule has 0 aliphatic carbocycles. The molecule has 1 aromatic carbocycles. The summed E-state index contributed by atoms with van der Waals surface area (Å²) in [6.45, 7) is 8.97. The summed E-state index contributed by atoms with van der Waals surface area (Å²) in [6.07, 6.45) is 0.727. The van der Waals surface area contributed by atoms with Gasteiger partial charge in [-0.05, 0) is 63.1 Å². The lowest BCUT2D eigenvalue weighted by Crippen LogP contribution is -2.24. The molecule has 1 unspecified atom stereocenters. The minimum atomic E-state index is -0.216. The number of hydrogen-bond donors (Lipinski definition) is 1. The van der Waals surface area contributed by atoms with Gasteiger partial charge in [-0.25, -0.2) is 4.39 Å². The molecule has 1 aromatic heterocycles. The van der Waals surface area contributed by atoms with Gasteiger partial charge in [0.05, 0.1) is 0 Å². The largest absolute Gasteiger partial charge is 0.466 e. The Balaban J connectivity index is 2.35. The monoisotopic (exact) mass is 353 g/mol. The molecule has 21 heavy (non-hydrogen) atoms. The normalized spacial score (nSPS) is 12.7. The van der Waals surface area contributed by atoms with Gasteiger partial charge in [0.15, 0.2) is 0 Å². The van der Waals surface area contributed by atoms with Gasteiger partial charge in [-0.15, -0.1) is 0 Å². The summed E-state index contributed by atoms with van der Waals surface area (Å²) in [5, 5.41) is 3.48. The molecule has 0 saturated heterocycles. The predicted molar refractivity (Wildman–Crippen MR) is 87.1 cm³/mol. The van der Waals surface area contributed by atoms with E-state index in [1.165, 1.54) is 17.2 Å². The second-order valence-corrected chi connectivity index (χ2v) is 6.26. The molecule has 2 nitrogen and oxygen atoms in total. The van der Waals surface area contributed by atoms with E-state index in [1.807, 2.05) is 19.9 Å². The highest BCUT2D eigenvalue weighted by Crippen LogP contribution is 2.30. The zero-order chi connectivity index (χ0) is 15.6. The highest BCUT2D eigenvalue weighted by atomic mass is 79.9. The molecular weight excluding hydrogens is 333 g/mol. The standard InChI is InChI=1S/C17H21BrFNO/c1-5-20-16(17-10(2)11(3)21-12(17)4)8-13-6-14(18)9-15(19)7-13/h6-7,9,16,20H,5,8H2,1-4H3. The van der Waals surface area contributed by atoms with Crippen LogP contribution >= 0.6 is 15.9 Å². The maximum absolute atomic E-state index is 13.6. The van der Waals surface area contributed by atoms with Crippen LogP contribution in [0, 0.1) is 26.6 Å². The maximum atomic E-state index is 13.6. The van der Waals surface area contributed by atoms with E-state index >= 15 is 0 Å². The summed E-state index contributed by atoms with van der Waals surface area (Å²) < 4.78 is 20.1. The number of rotatable bonds is 5. The molecule has 4 heteroatoms. The second-order valence-electron chi connectivity index (χ2n) is 5.35. The molecule has 0 fully saturated rings. The van der Waals surface area contributed by atoms with Crippen molar-refractivity contribution in [3.05, 3.63) is 56.7 Å². The smallest absolute Gasteiger partial charge is 0.124 e. The lowest BCUT2D eigenvalue weighted by atomic mass is 9.95. The summed E-state index contributed by atoms with van der Waals surface area (Å²) in [4.78, 5) is 0. The van der Waals surface area contributed by atoms with E-state index in [-0.39, 0.29) is 11.9 Å². The van der Waals surface area contributed by atoms with Crippen LogP contribution in [-0.4, -0.2) is 6.54 Å². The van der Waals surface area contributed by atoms with Crippen molar-refractivity contribution >= 4 is 15.9 Å². The van der Waals surface area contributed by atoms with Crippen molar-refractivity contribution in [3.63, 3.8) is 0 Å². The molecule has 1 heterocycles. The average molecular weight is 354 g/mol. The Kier molecular flexibility index (Phi) is 5.22. The Bertz CT molecular complexity index is 616. The Morgan fingerprint density at radius 1 is 1.19 bits per heavy atom. The van der Waals surface area contributed by atoms with Crippen molar-refractivity contribution in [1.29, 1.82) is 0 Å². The van der Waals surface area contributed by atoms with E-state index < -0.39 is 0 Å². The third kappa shape index (κ3) is 3.74. The Hall–Kier alpha value is -1.13. The molecule has 0 saturated carbocycles. The van der Waals surface area contributed by atoms with Gasteiger partial charge in [-0.1, -0.05) is 22.9 Å². The number of aryl methyl sites for hydroxylation is 2. The molecule has 1 atom stereocenters. The van der Waals surface area contributed by atoms with Gasteiger partial charge in [0.25, 0.3) is 0 Å². The van der Waals surface area contributed by atoms with Crippen LogP contribution in [0.1, 0.15) is 41.2 Å². The minimum absolute atomic E-state index is 0.126. The lowest BCUT2D eigenvalue weighted by Gasteiger charge is -2.19. The zero-order valence-electron chi connectivity index (χ0n) is 12.9. The Labute approximate surface area is 133 Å². The summed E-state index contributed by atoms with van der Waals surface area (Å²) in [6, 6.07) is 5.16. The molecule has 2 rings (SSSR count). The number of benzene rings is 1. The van der Waals surface area contributed by atoms with Crippen LogP contribution in [0.3, 0.4) is 0 Å². The van der Waals surface area contributed by atoms with Crippen LogP contribution in [0.2, 0.25) is 0 Å². The van der Waals surface area contributed by atoms with Crippen LogP contribution in [0.4, 0.5) is 4.39 Å². The number of furan rings is 1. The average Bonchev–Trinajstić information content (AvgIpc) is 2.61. The van der Waals surface area contributed by atoms with Crippen LogP contribution in [0.5, 0.6) is 0 Å². The first-order chi connectivity index (χ1) is 9.92. The first-order valence-corrected chi connectivity index (χ1v) is 7.96. The second kappa shape index (κ2) is 6.75. The van der Waals surface area contributed by atoms with Crippen LogP contribution in [0.15, 0.2) is 27.1 Å². The quantitative estimate of drug-likeness (QED) is 0.817. The number of halogens is 2. The fourth-order valence-corrected chi connectivity index (χ4v) is 3.32. The summed E-state index contributed by atoms with van der Waals surface area (Å²) in [5.74, 6) is 1.67. The van der Waals surface area contributed by atoms with Crippen molar-refractivity contribution in [3.8, 4) is 0 Å². The van der Waals surface area contributed by atoms with E-state index in [4.69, 9.17) is 4.42 Å². The van der Waals surface area contributed by atoms with Crippen molar-refractivity contribution in [2.24, 2.45) is 0 Å². The SMILES string of the molecule is CCNC(Cc1cc(F)cc(Br)c1)c1c(C)oc(C)c1C. The molecule has 0 radical (unpaired) electrons. The van der Waals surface area contributed by atoms with E-state index in [9.17, 15) is 4.39 Å². The fourth-order valence-electron chi connectivity index (χ4n) is 2.81. The van der Waals surface area contributed by atoms with Gasteiger partial charge >= 0.3 is 0 Å². The van der Waals surface area contributed by atoms with Gasteiger partial charge in [-0.3, -0.25) is 0 Å². The molecule has 0 aliphatic rings. The van der Waals surface area contributed by atoms with Crippen molar-refractivity contribution in [2.45, 2.75) is 40.2 Å². The minimum Gasteiger partial charge on any atom is -0.466 e. The van der Waals surface area contributed by atoms with Crippen LogP contribution in [-0.2, 0) is 6.42 Å². The molecule has 1 N–H and O–H groups in total. The van der Waals surface area contributed by atoms with Gasteiger partial charge < -0.3 is 9.73 Å². The predicted octanol–water partition coefficient (Wildman–Crippen LogP) is 5.00. The number of likely N-dealkylation sites (N-methyl/N-ethyl adjacent to an activating group) is 1. The van der Waals surface area contributed by atoms with Crippen molar-refractivity contribution in [2.75, 3.05) is 6.54 Å². The Morgan fingerprint density at radius 2 is 1.90 bits per heavy atom. The zero-order valence-corrected chi connectivity index (χ0v) is 14.5. The first kappa shape index (κ1) is 16.2. The molecule has 0 bridgehead atoms. The molecule has 0 spiro atoms. The third-order valence-electron chi connectivity index (χ3n) is 3.78. The lowest BCUT2D eigenvalue weighted by molar-refractivity contribution is 0.484. The molecule has 114 valence electrons. The summed E-state index contributed by atoms with van der Waals surface area (Å²) in [5.41, 5.74) is 3.33. The van der Waals surface area contributed by atoms with Crippen molar-refractivity contribution < 1.29 is 8.81 Å². The molecule has 0 amide bonds. The fraction of sp³-hybridized carbons (Fsp3) is 0.412. The van der Waals surface area contributed by atoms with E-state index in [2.05, 4.69) is 35.1 Å². The summed E-state index contributed by atoms with van der Waals surface area (Å²) >= 11 is 3.35. The molecule has 2 aromatic rings. The van der Waals surface area contributed by atoms with Crippen molar-refractivity contribution in [1.82, 2.24) is 5.32 Å². The van der Waals surface area contributed by atoms with Gasteiger partial charge in [0, 0.05) is 16.1 Å². The number of hydrogen-bond acceptors (Lipinski definition) is 2. The van der Waals surface area contributed by atoms with E-state index in [0.29, 0.717) is 0 Å². The van der Waals surface area contributed by atoms with Gasteiger partial charge in [0.2, 0.25) is 0 Å². The van der Waals surface area contributed by atoms with Crippen LogP contribution < -0.4 is 5.32 Å². The molecular formula is C17H21BrFNO. The van der Waals surface area contributed by atoms with E-state index in [0.717, 1.165) is 34.5 Å². The number of nitrogens with one attached hydrogen (secondary N) is 1. The topological polar surface area (TPSA) is 25.2 Å². The van der Waals surface area contributed by atoms with Gasteiger partial charge in [-0.2, -0.15) is 0 Å².